The van der Waals surface area contributed by atoms with Gasteiger partial charge in [0.05, 0.1) is 0 Å². The lowest BCUT2D eigenvalue weighted by molar-refractivity contribution is -0.125. The Bertz CT molecular complexity index is 649. The van der Waals surface area contributed by atoms with Gasteiger partial charge >= 0.3 is 0 Å². The van der Waals surface area contributed by atoms with E-state index in [1.165, 1.54) is 7.05 Å². The normalized spacial score (nSPS) is 20.2. The molecule has 1 aliphatic heterocycles. The van der Waals surface area contributed by atoms with E-state index in [9.17, 15) is 22.0 Å². The number of hydrogen-bond acceptors (Lipinski definition) is 3. The first-order valence-electron chi connectivity index (χ1n) is 6.57. The van der Waals surface area contributed by atoms with Crippen LogP contribution < -0.4 is 5.32 Å². The predicted molar refractivity (Wildman–Crippen MR) is 72.0 cm³/mol. The summed E-state index contributed by atoms with van der Waals surface area (Å²) in [7, 11) is -2.85. The number of nitrogens with zero attached hydrogens (tertiary/aromatic N) is 1. The van der Waals surface area contributed by atoms with Crippen LogP contribution in [0, 0.1) is 11.6 Å². The number of amides is 1. The molecule has 5 nitrogen and oxygen atoms in total. The first-order chi connectivity index (χ1) is 9.89. The van der Waals surface area contributed by atoms with Gasteiger partial charge in [0.2, 0.25) is 15.9 Å². The molecular formula is C13H16F2N2O3S. The minimum atomic E-state index is -4.26. The predicted octanol–water partition coefficient (Wildman–Crippen LogP) is 1.25. The molecule has 0 unspecified atom stereocenters. The van der Waals surface area contributed by atoms with Crippen LogP contribution in [0.15, 0.2) is 23.1 Å². The summed E-state index contributed by atoms with van der Waals surface area (Å²) >= 11 is 0. The lowest BCUT2D eigenvalue weighted by atomic mass is 10.0. The number of sulfonamides is 1. The third-order valence-electron chi connectivity index (χ3n) is 3.51. The average molecular weight is 318 g/mol. The van der Waals surface area contributed by atoms with Crippen molar-refractivity contribution in [1.29, 1.82) is 0 Å². The van der Waals surface area contributed by atoms with E-state index < -0.39 is 38.5 Å². The van der Waals surface area contributed by atoms with E-state index >= 15 is 0 Å². The van der Waals surface area contributed by atoms with Gasteiger partial charge in [0, 0.05) is 13.6 Å². The molecule has 0 radical (unpaired) electrons. The van der Waals surface area contributed by atoms with E-state index in [1.54, 1.807) is 0 Å². The molecular weight excluding hydrogens is 302 g/mol. The van der Waals surface area contributed by atoms with Gasteiger partial charge in [-0.25, -0.2) is 17.2 Å². The Labute approximate surface area is 122 Å². The maximum absolute atomic E-state index is 13.8. The molecule has 1 saturated heterocycles. The molecule has 116 valence electrons. The molecule has 21 heavy (non-hydrogen) atoms. The van der Waals surface area contributed by atoms with Crippen LogP contribution in [0.5, 0.6) is 0 Å². The van der Waals surface area contributed by atoms with Crippen LogP contribution in [0.25, 0.3) is 0 Å². The second kappa shape index (κ2) is 6.07. The van der Waals surface area contributed by atoms with Crippen molar-refractivity contribution in [2.75, 3.05) is 13.6 Å². The quantitative estimate of drug-likeness (QED) is 0.912. The van der Waals surface area contributed by atoms with Crippen molar-refractivity contribution in [3.8, 4) is 0 Å². The van der Waals surface area contributed by atoms with Crippen molar-refractivity contribution in [3.05, 3.63) is 29.8 Å². The number of carbonyl (C=O) groups excluding carboxylic acids is 1. The Hall–Kier alpha value is -1.54. The summed E-state index contributed by atoms with van der Waals surface area (Å²) in [6, 6.07) is 2.09. The summed E-state index contributed by atoms with van der Waals surface area (Å²) in [5.41, 5.74) is 0. The highest BCUT2D eigenvalue weighted by molar-refractivity contribution is 7.89. The summed E-state index contributed by atoms with van der Waals surface area (Å²) in [6.45, 7) is 0.108. The van der Waals surface area contributed by atoms with Gasteiger partial charge in [-0.15, -0.1) is 0 Å². The minimum absolute atomic E-state index is 0.108. The second-order valence-electron chi connectivity index (χ2n) is 4.79. The van der Waals surface area contributed by atoms with E-state index in [4.69, 9.17) is 0 Å². The topological polar surface area (TPSA) is 66.5 Å². The lowest BCUT2D eigenvalue weighted by Crippen LogP contribution is -2.51. The van der Waals surface area contributed by atoms with Gasteiger partial charge in [0.15, 0.2) is 11.6 Å². The molecule has 1 fully saturated rings. The van der Waals surface area contributed by atoms with Gasteiger partial charge in [-0.3, -0.25) is 4.79 Å². The average Bonchev–Trinajstić information content (AvgIpc) is 2.49. The van der Waals surface area contributed by atoms with Crippen molar-refractivity contribution in [1.82, 2.24) is 9.62 Å². The molecule has 0 aromatic heterocycles. The third kappa shape index (κ3) is 2.91. The van der Waals surface area contributed by atoms with E-state index in [0.717, 1.165) is 22.5 Å². The van der Waals surface area contributed by atoms with Crippen LogP contribution in [0.4, 0.5) is 8.78 Å². The van der Waals surface area contributed by atoms with Crippen LogP contribution in [0.1, 0.15) is 19.3 Å². The minimum Gasteiger partial charge on any atom is -0.358 e. The summed E-state index contributed by atoms with van der Waals surface area (Å²) < 4.78 is 53.1. The zero-order valence-electron chi connectivity index (χ0n) is 11.5. The maximum Gasteiger partial charge on any atom is 0.246 e. The van der Waals surface area contributed by atoms with Crippen molar-refractivity contribution < 1.29 is 22.0 Å². The zero-order valence-corrected chi connectivity index (χ0v) is 12.3. The standard InChI is InChI=1S/C13H16F2N2O3S/c1-16-13(18)10-6-2-3-8-17(10)21(19,20)11-7-4-5-9(14)12(11)15/h4-5,7,10H,2-3,6,8H2,1H3,(H,16,18)/t10-/m0/s1. The maximum atomic E-state index is 13.8. The molecule has 8 heteroatoms. The monoisotopic (exact) mass is 318 g/mol. The molecule has 1 aromatic carbocycles. The number of halogens is 2. The van der Waals surface area contributed by atoms with Gasteiger partial charge in [-0.2, -0.15) is 4.31 Å². The number of likely N-dealkylation sites (N-methyl/N-ethyl adjacent to an activating group) is 1. The van der Waals surface area contributed by atoms with Crippen molar-refractivity contribution in [2.45, 2.75) is 30.2 Å². The Morgan fingerprint density at radius 3 is 2.71 bits per heavy atom. The third-order valence-corrected chi connectivity index (χ3v) is 5.43. The van der Waals surface area contributed by atoms with Gasteiger partial charge in [-0.05, 0) is 25.0 Å². The number of benzene rings is 1. The van der Waals surface area contributed by atoms with Crippen LogP contribution >= 0.6 is 0 Å². The lowest BCUT2D eigenvalue weighted by Gasteiger charge is -2.33. The SMILES string of the molecule is CNC(=O)[C@@H]1CCCCN1S(=O)(=O)c1cccc(F)c1F. The largest absolute Gasteiger partial charge is 0.358 e. The number of piperidine rings is 1. The fourth-order valence-electron chi connectivity index (χ4n) is 2.43. The first-order valence-corrected chi connectivity index (χ1v) is 8.01. The summed E-state index contributed by atoms with van der Waals surface area (Å²) in [5.74, 6) is -3.10. The van der Waals surface area contributed by atoms with Gasteiger partial charge in [0.1, 0.15) is 10.9 Å². The molecule has 1 aliphatic rings. The van der Waals surface area contributed by atoms with Crippen LogP contribution in [0.3, 0.4) is 0 Å². The van der Waals surface area contributed by atoms with E-state index in [2.05, 4.69) is 5.32 Å². The van der Waals surface area contributed by atoms with Crippen molar-refractivity contribution in [3.63, 3.8) is 0 Å². The zero-order chi connectivity index (χ0) is 15.6. The molecule has 0 saturated carbocycles. The van der Waals surface area contributed by atoms with E-state index in [0.29, 0.717) is 19.3 Å². The Balaban J connectivity index is 2.46. The molecule has 0 bridgehead atoms. The fraction of sp³-hybridized carbons (Fsp3) is 0.462. The number of nitrogens with one attached hydrogen (secondary N) is 1. The smallest absolute Gasteiger partial charge is 0.246 e. The summed E-state index contributed by atoms with van der Waals surface area (Å²) in [6.07, 6.45) is 1.63. The highest BCUT2D eigenvalue weighted by Gasteiger charge is 2.38. The Kier molecular flexibility index (Phi) is 4.58. The molecule has 0 aliphatic carbocycles. The number of hydrogen-bond donors (Lipinski definition) is 1. The van der Waals surface area contributed by atoms with Crippen LogP contribution in [-0.4, -0.2) is 38.3 Å². The van der Waals surface area contributed by atoms with Crippen LogP contribution in [0.2, 0.25) is 0 Å². The number of rotatable bonds is 3. The van der Waals surface area contributed by atoms with Gasteiger partial charge < -0.3 is 5.32 Å². The summed E-state index contributed by atoms with van der Waals surface area (Å²) in [5, 5.41) is 2.40. The van der Waals surface area contributed by atoms with Gasteiger partial charge in [0.25, 0.3) is 0 Å². The highest BCUT2D eigenvalue weighted by atomic mass is 32.2. The van der Waals surface area contributed by atoms with Crippen molar-refractivity contribution >= 4 is 15.9 Å². The molecule has 1 heterocycles. The second-order valence-corrected chi connectivity index (χ2v) is 6.65. The molecule has 1 atom stereocenters. The number of carbonyl (C=O) groups is 1. The van der Waals surface area contributed by atoms with E-state index in [-0.39, 0.29) is 6.54 Å². The molecule has 2 rings (SSSR count). The Morgan fingerprint density at radius 2 is 2.05 bits per heavy atom. The summed E-state index contributed by atoms with van der Waals surface area (Å²) in [4.78, 5) is 11.1. The molecule has 0 spiro atoms. The highest BCUT2D eigenvalue weighted by Crippen LogP contribution is 2.27. The molecule has 1 N–H and O–H groups in total. The van der Waals surface area contributed by atoms with Gasteiger partial charge in [-0.1, -0.05) is 12.5 Å². The first kappa shape index (κ1) is 15.8. The molecule has 1 amide bonds. The fourth-order valence-corrected chi connectivity index (χ4v) is 4.16. The van der Waals surface area contributed by atoms with Crippen LogP contribution in [-0.2, 0) is 14.8 Å². The van der Waals surface area contributed by atoms with E-state index in [1.807, 2.05) is 0 Å². The van der Waals surface area contributed by atoms with Crippen molar-refractivity contribution in [2.24, 2.45) is 0 Å². The molecule has 1 aromatic rings. The Morgan fingerprint density at radius 1 is 1.33 bits per heavy atom.